The number of hydrogen-bond donors (Lipinski definition) is 1. The number of terminal acetylenes is 1. The van der Waals surface area contributed by atoms with Crippen LogP contribution in [0, 0.1) is 19.3 Å². The van der Waals surface area contributed by atoms with Crippen LogP contribution in [-0.2, 0) is 0 Å². The molecule has 15 heavy (non-hydrogen) atoms. The van der Waals surface area contributed by atoms with Gasteiger partial charge in [0.05, 0.1) is 6.10 Å². The number of hydrogen-bond acceptors (Lipinski definition) is 1. The molecule has 0 spiro atoms. The van der Waals surface area contributed by atoms with E-state index in [0.29, 0.717) is 17.9 Å². The van der Waals surface area contributed by atoms with E-state index in [4.69, 9.17) is 18.0 Å². The van der Waals surface area contributed by atoms with Crippen molar-refractivity contribution in [3.05, 3.63) is 34.3 Å². The van der Waals surface area contributed by atoms with E-state index in [2.05, 4.69) is 5.92 Å². The summed E-state index contributed by atoms with van der Waals surface area (Å²) >= 11 is 5.98. The third-order valence-electron chi connectivity index (χ3n) is 2.38. The standard InChI is InChI=1S/C13H15ClO/c1-3-4-5-6-13(15)11-8-7-10(2)12(14)9-11/h1,7-9,13,15H,4-6H2,2H3. The molecule has 0 aliphatic carbocycles. The second-order valence-electron chi connectivity index (χ2n) is 3.62. The molecule has 0 amide bonds. The van der Waals surface area contributed by atoms with Crippen LogP contribution >= 0.6 is 11.6 Å². The molecular formula is C13H15ClO. The van der Waals surface area contributed by atoms with Gasteiger partial charge in [0.1, 0.15) is 0 Å². The minimum Gasteiger partial charge on any atom is -0.388 e. The molecule has 0 aromatic heterocycles. The number of halogens is 1. The average molecular weight is 223 g/mol. The van der Waals surface area contributed by atoms with Crippen molar-refractivity contribution in [2.45, 2.75) is 32.3 Å². The van der Waals surface area contributed by atoms with Crippen LogP contribution in [0.1, 0.15) is 36.5 Å². The Balaban J connectivity index is 2.62. The molecule has 80 valence electrons. The van der Waals surface area contributed by atoms with Gasteiger partial charge in [0.25, 0.3) is 0 Å². The monoisotopic (exact) mass is 222 g/mol. The fraction of sp³-hybridized carbons (Fsp3) is 0.385. The molecule has 1 N–H and O–H groups in total. The predicted octanol–water partition coefficient (Wildman–Crippen LogP) is 3.49. The zero-order valence-corrected chi connectivity index (χ0v) is 9.59. The molecule has 0 heterocycles. The highest BCUT2D eigenvalue weighted by Crippen LogP contribution is 2.24. The van der Waals surface area contributed by atoms with E-state index in [1.54, 1.807) is 0 Å². The zero-order chi connectivity index (χ0) is 11.3. The Labute approximate surface area is 96.1 Å². The predicted molar refractivity (Wildman–Crippen MR) is 63.8 cm³/mol. The Bertz CT molecular complexity index is 365. The normalized spacial score (nSPS) is 12.1. The second-order valence-corrected chi connectivity index (χ2v) is 4.03. The Morgan fingerprint density at radius 1 is 1.53 bits per heavy atom. The van der Waals surface area contributed by atoms with Gasteiger partial charge in [-0.1, -0.05) is 23.7 Å². The first kappa shape index (κ1) is 12.1. The summed E-state index contributed by atoms with van der Waals surface area (Å²) in [6.45, 7) is 1.94. The van der Waals surface area contributed by atoms with Gasteiger partial charge in [0.2, 0.25) is 0 Å². The molecule has 1 unspecified atom stereocenters. The highest BCUT2D eigenvalue weighted by atomic mass is 35.5. The molecule has 0 fully saturated rings. The summed E-state index contributed by atoms with van der Waals surface area (Å²) in [4.78, 5) is 0. The van der Waals surface area contributed by atoms with E-state index in [-0.39, 0.29) is 0 Å². The fourth-order valence-electron chi connectivity index (χ4n) is 1.38. The second kappa shape index (κ2) is 5.80. The lowest BCUT2D eigenvalue weighted by Crippen LogP contribution is -1.97. The van der Waals surface area contributed by atoms with Crippen molar-refractivity contribution < 1.29 is 5.11 Å². The Kier molecular flexibility index (Phi) is 4.68. The molecule has 0 aliphatic rings. The van der Waals surface area contributed by atoms with Crippen molar-refractivity contribution in [1.82, 2.24) is 0 Å². The maximum Gasteiger partial charge on any atom is 0.0790 e. The molecule has 0 radical (unpaired) electrons. The van der Waals surface area contributed by atoms with Gasteiger partial charge in [-0.05, 0) is 37.0 Å². The van der Waals surface area contributed by atoms with E-state index in [9.17, 15) is 5.11 Å². The average Bonchev–Trinajstić information content (AvgIpc) is 2.22. The fourth-order valence-corrected chi connectivity index (χ4v) is 1.57. The van der Waals surface area contributed by atoms with E-state index in [0.717, 1.165) is 17.5 Å². The first-order chi connectivity index (χ1) is 7.15. The summed E-state index contributed by atoms with van der Waals surface area (Å²) in [5.74, 6) is 2.56. The van der Waals surface area contributed by atoms with Crippen molar-refractivity contribution in [2.75, 3.05) is 0 Å². The minimum atomic E-state index is -0.462. The Morgan fingerprint density at radius 3 is 2.87 bits per heavy atom. The molecule has 1 atom stereocenters. The molecule has 0 bridgehead atoms. The summed E-state index contributed by atoms with van der Waals surface area (Å²) in [6.07, 6.45) is 6.91. The van der Waals surface area contributed by atoms with Crippen molar-refractivity contribution in [2.24, 2.45) is 0 Å². The van der Waals surface area contributed by atoms with Gasteiger partial charge in [-0.2, -0.15) is 0 Å². The van der Waals surface area contributed by atoms with Crippen LogP contribution in [0.2, 0.25) is 5.02 Å². The van der Waals surface area contributed by atoms with Gasteiger partial charge in [-0.25, -0.2) is 0 Å². The van der Waals surface area contributed by atoms with E-state index in [1.807, 2.05) is 25.1 Å². The van der Waals surface area contributed by atoms with Crippen molar-refractivity contribution in [3.63, 3.8) is 0 Å². The SMILES string of the molecule is C#CCCCC(O)c1ccc(C)c(Cl)c1. The summed E-state index contributed by atoms with van der Waals surface area (Å²) in [5.41, 5.74) is 1.89. The third kappa shape index (κ3) is 3.58. The van der Waals surface area contributed by atoms with Crippen molar-refractivity contribution in [1.29, 1.82) is 0 Å². The summed E-state index contributed by atoms with van der Waals surface area (Å²) < 4.78 is 0. The van der Waals surface area contributed by atoms with Crippen LogP contribution in [0.5, 0.6) is 0 Å². The maximum absolute atomic E-state index is 9.84. The number of aliphatic hydroxyl groups is 1. The number of unbranched alkanes of at least 4 members (excludes halogenated alkanes) is 1. The van der Waals surface area contributed by atoms with Crippen LogP contribution in [0.4, 0.5) is 0 Å². The van der Waals surface area contributed by atoms with Crippen LogP contribution < -0.4 is 0 Å². The highest BCUT2D eigenvalue weighted by Gasteiger charge is 2.08. The molecule has 1 aromatic rings. The number of rotatable bonds is 4. The topological polar surface area (TPSA) is 20.2 Å². The van der Waals surface area contributed by atoms with Crippen LogP contribution in [0.15, 0.2) is 18.2 Å². The van der Waals surface area contributed by atoms with Gasteiger partial charge in [0.15, 0.2) is 0 Å². The molecule has 0 saturated heterocycles. The maximum atomic E-state index is 9.84. The molecule has 1 nitrogen and oxygen atoms in total. The summed E-state index contributed by atoms with van der Waals surface area (Å²) in [7, 11) is 0. The Morgan fingerprint density at radius 2 is 2.27 bits per heavy atom. The lowest BCUT2D eigenvalue weighted by Gasteiger charge is -2.11. The van der Waals surface area contributed by atoms with Crippen LogP contribution in [-0.4, -0.2) is 5.11 Å². The highest BCUT2D eigenvalue weighted by molar-refractivity contribution is 6.31. The van der Waals surface area contributed by atoms with Gasteiger partial charge in [-0.15, -0.1) is 12.3 Å². The van der Waals surface area contributed by atoms with Crippen LogP contribution in [0.3, 0.4) is 0 Å². The van der Waals surface area contributed by atoms with E-state index >= 15 is 0 Å². The minimum absolute atomic E-state index is 0.462. The zero-order valence-electron chi connectivity index (χ0n) is 8.83. The van der Waals surface area contributed by atoms with Gasteiger partial charge < -0.3 is 5.11 Å². The molecular weight excluding hydrogens is 208 g/mol. The van der Waals surface area contributed by atoms with Gasteiger partial charge in [0, 0.05) is 11.4 Å². The molecule has 0 saturated carbocycles. The van der Waals surface area contributed by atoms with Gasteiger partial charge in [-0.3, -0.25) is 0 Å². The first-order valence-electron chi connectivity index (χ1n) is 5.02. The van der Waals surface area contributed by atoms with E-state index < -0.39 is 6.10 Å². The lowest BCUT2D eigenvalue weighted by atomic mass is 10.0. The summed E-state index contributed by atoms with van der Waals surface area (Å²) in [5, 5.41) is 10.5. The number of benzene rings is 1. The third-order valence-corrected chi connectivity index (χ3v) is 2.79. The largest absolute Gasteiger partial charge is 0.388 e. The first-order valence-corrected chi connectivity index (χ1v) is 5.40. The molecule has 0 aliphatic heterocycles. The van der Waals surface area contributed by atoms with Gasteiger partial charge >= 0.3 is 0 Å². The molecule has 1 aromatic carbocycles. The molecule has 1 rings (SSSR count). The quantitative estimate of drug-likeness (QED) is 0.611. The molecule has 2 heteroatoms. The smallest absolute Gasteiger partial charge is 0.0790 e. The summed E-state index contributed by atoms with van der Waals surface area (Å²) in [6, 6.07) is 5.64. The number of aliphatic hydroxyl groups excluding tert-OH is 1. The van der Waals surface area contributed by atoms with E-state index in [1.165, 1.54) is 0 Å². The van der Waals surface area contributed by atoms with Crippen LogP contribution in [0.25, 0.3) is 0 Å². The van der Waals surface area contributed by atoms with Crippen molar-refractivity contribution in [3.8, 4) is 12.3 Å². The lowest BCUT2D eigenvalue weighted by molar-refractivity contribution is 0.165. The number of aryl methyl sites for hydroxylation is 1. The Hall–Kier alpha value is -0.970. The van der Waals surface area contributed by atoms with Crippen molar-refractivity contribution >= 4 is 11.6 Å².